The zero-order chi connectivity index (χ0) is 36.0. The molecule has 0 spiro atoms. The third-order valence-corrected chi connectivity index (χ3v) is 10.1. The van der Waals surface area contributed by atoms with Crippen molar-refractivity contribution in [2.24, 2.45) is 0 Å². The fourth-order valence-electron chi connectivity index (χ4n) is 8.16. The number of benzene rings is 2. The molecule has 8 rings (SSSR count). The Morgan fingerprint density at radius 1 is 1.17 bits per heavy atom. The first-order valence-electron chi connectivity index (χ1n) is 17.4. The van der Waals surface area contributed by atoms with E-state index in [0.717, 1.165) is 11.1 Å². The standard InChI is InChI=1S/C37H36F2N6O3/c1-6-25-27(38)8-7-22-11-24(46)12-26(28(22)25)31-30(39)32-29(34(40-31)47-5)33(44-17-23-9-10-36(4,18-44)43-23)42-35(41-32)48-19-37-13-20(2)15-45(37)16-21(3)14-37/h1,7-8,11-12,23,43,46H,2-3,9-10,13-19H2,4-5H3/i4D3. The van der Waals surface area contributed by atoms with Gasteiger partial charge < -0.3 is 24.8 Å². The number of terminal acetylenes is 1. The van der Waals surface area contributed by atoms with Gasteiger partial charge in [-0.25, -0.2) is 13.8 Å². The Kier molecular flexibility index (Phi) is 6.16. The SMILES string of the molecule is [2H]C([2H])([2H])C12CCC(CN(c3nc(OCC45CC(=C)CN4CC(=C)C5)nc4c(F)c(-c5cc(O)cc6ccc(F)c(C#C)c56)nc(OC)c34)C1)N2. The zero-order valence-corrected chi connectivity index (χ0v) is 26.5. The van der Waals surface area contributed by atoms with Gasteiger partial charge in [-0.3, -0.25) is 4.90 Å². The summed E-state index contributed by atoms with van der Waals surface area (Å²) in [6, 6.07) is 5.01. The molecule has 2 aromatic heterocycles. The molecule has 9 nitrogen and oxygen atoms in total. The van der Waals surface area contributed by atoms with Gasteiger partial charge in [-0.2, -0.15) is 9.97 Å². The van der Waals surface area contributed by atoms with Crippen molar-refractivity contribution in [3.8, 4) is 41.2 Å². The lowest BCUT2D eigenvalue weighted by Gasteiger charge is -2.40. The highest BCUT2D eigenvalue weighted by atomic mass is 19.1. The van der Waals surface area contributed by atoms with Gasteiger partial charge in [-0.05, 0) is 56.1 Å². The number of phenolic OH excluding ortho intramolecular Hbond substituents is 1. The number of aromatic nitrogens is 3. The molecule has 2 bridgehead atoms. The Balaban J connectivity index is 1.34. The Bertz CT molecular complexity index is 2200. The van der Waals surface area contributed by atoms with E-state index < -0.39 is 29.6 Å². The van der Waals surface area contributed by atoms with Gasteiger partial charge in [-0.1, -0.05) is 36.3 Å². The minimum atomic E-state index is -2.33. The number of phenols is 1. The third kappa shape index (κ3) is 4.77. The molecular formula is C37H36F2N6O3. The average molecular weight is 654 g/mol. The number of rotatable bonds is 6. The van der Waals surface area contributed by atoms with Gasteiger partial charge >= 0.3 is 6.01 Å². The number of nitrogens with one attached hydrogen (secondary N) is 1. The Morgan fingerprint density at radius 2 is 1.96 bits per heavy atom. The quantitative estimate of drug-likeness (QED) is 0.207. The fraction of sp³-hybridized carbons (Fsp3) is 0.378. The van der Waals surface area contributed by atoms with Crippen molar-refractivity contribution >= 4 is 27.5 Å². The van der Waals surface area contributed by atoms with Gasteiger partial charge in [0.1, 0.15) is 40.6 Å². The molecule has 0 radical (unpaired) electrons. The topological polar surface area (TPSA) is 95.9 Å². The van der Waals surface area contributed by atoms with E-state index in [4.69, 9.17) is 25.0 Å². The van der Waals surface area contributed by atoms with Crippen LogP contribution in [0.25, 0.3) is 32.9 Å². The van der Waals surface area contributed by atoms with Crippen LogP contribution in [0.15, 0.2) is 48.6 Å². The Labute approximate surface area is 281 Å². The maximum atomic E-state index is 17.2. The van der Waals surface area contributed by atoms with E-state index in [-0.39, 0.29) is 75.8 Å². The lowest BCUT2D eigenvalue weighted by molar-refractivity contribution is 0.108. The van der Waals surface area contributed by atoms with Gasteiger partial charge in [0.05, 0.1) is 18.2 Å². The minimum absolute atomic E-state index is 0.0304. The van der Waals surface area contributed by atoms with E-state index in [0.29, 0.717) is 50.7 Å². The minimum Gasteiger partial charge on any atom is -0.508 e. The highest BCUT2D eigenvalue weighted by molar-refractivity contribution is 6.04. The number of aromatic hydroxyl groups is 1. The average Bonchev–Trinajstić information content (AvgIpc) is 3.68. The largest absolute Gasteiger partial charge is 0.508 e. The second-order valence-corrected chi connectivity index (χ2v) is 13.6. The molecule has 4 saturated heterocycles. The van der Waals surface area contributed by atoms with Gasteiger partial charge in [0.2, 0.25) is 5.88 Å². The van der Waals surface area contributed by atoms with Gasteiger partial charge in [0.25, 0.3) is 0 Å². The summed E-state index contributed by atoms with van der Waals surface area (Å²) in [4.78, 5) is 18.1. The molecule has 0 aliphatic carbocycles. The van der Waals surface area contributed by atoms with Crippen molar-refractivity contribution < 1.29 is 27.5 Å². The second kappa shape index (κ2) is 10.9. The van der Waals surface area contributed by atoms with Crippen LogP contribution in [-0.4, -0.2) is 82.0 Å². The van der Waals surface area contributed by atoms with Crippen molar-refractivity contribution in [3.05, 3.63) is 65.8 Å². The molecule has 4 aliphatic rings. The lowest BCUT2D eigenvalue weighted by atomic mass is 9.92. The number of halogens is 2. The van der Waals surface area contributed by atoms with E-state index in [2.05, 4.69) is 39.3 Å². The van der Waals surface area contributed by atoms with E-state index in [1.54, 1.807) is 0 Å². The predicted molar refractivity (Wildman–Crippen MR) is 180 cm³/mol. The van der Waals surface area contributed by atoms with Crippen molar-refractivity contribution in [3.63, 3.8) is 0 Å². The fourth-order valence-corrected chi connectivity index (χ4v) is 8.16. The van der Waals surface area contributed by atoms with E-state index in [1.165, 1.54) is 31.4 Å². The molecule has 2 unspecified atom stereocenters. The van der Waals surface area contributed by atoms with Gasteiger partial charge in [0, 0.05) is 52.8 Å². The van der Waals surface area contributed by atoms with Gasteiger partial charge in [-0.15, -0.1) is 6.42 Å². The molecule has 6 heterocycles. The molecule has 4 fully saturated rings. The molecule has 48 heavy (non-hydrogen) atoms. The first-order valence-corrected chi connectivity index (χ1v) is 15.9. The summed E-state index contributed by atoms with van der Waals surface area (Å²) in [5.41, 5.74) is -0.0538. The molecule has 11 heteroatoms. The van der Waals surface area contributed by atoms with Crippen LogP contribution in [0.1, 0.15) is 42.2 Å². The third-order valence-electron chi connectivity index (χ3n) is 10.1. The first kappa shape index (κ1) is 27.2. The van der Waals surface area contributed by atoms with E-state index in [1.807, 2.05) is 4.90 Å². The molecule has 4 aromatic rings. The number of methoxy groups -OCH3 is 1. The predicted octanol–water partition coefficient (Wildman–Crippen LogP) is 5.49. The summed E-state index contributed by atoms with van der Waals surface area (Å²) in [5.74, 6) is 0.682. The molecule has 0 saturated carbocycles. The number of hydrogen-bond donors (Lipinski definition) is 2. The highest BCUT2D eigenvalue weighted by Gasteiger charge is 2.48. The number of pyridine rings is 1. The highest BCUT2D eigenvalue weighted by Crippen LogP contribution is 2.45. The summed E-state index contributed by atoms with van der Waals surface area (Å²) in [6.07, 6.45) is 8.18. The zero-order valence-electron chi connectivity index (χ0n) is 29.5. The summed E-state index contributed by atoms with van der Waals surface area (Å²) < 4.78 is 69.6. The molecule has 4 aliphatic heterocycles. The second-order valence-electron chi connectivity index (χ2n) is 13.6. The molecule has 2 aromatic carbocycles. The maximum absolute atomic E-state index is 17.2. The van der Waals surface area contributed by atoms with Crippen molar-refractivity contribution in [2.75, 3.05) is 44.8 Å². The van der Waals surface area contributed by atoms with E-state index >= 15 is 8.78 Å². The monoisotopic (exact) mass is 653 g/mol. The first-order chi connectivity index (χ1) is 24.2. The van der Waals surface area contributed by atoms with Crippen LogP contribution in [0.4, 0.5) is 14.6 Å². The van der Waals surface area contributed by atoms with Crippen molar-refractivity contribution in [2.45, 2.75) is 49.7 Å². The molecule has 2 atom stereocenters. The maximum Gasteiger partial charge on any atom is 0.319 e. The molecule has 0 amide bonds. The molecule has 2 N–H and O–H groups in total. The number of anilines is 1. The van der Waals surface area contributed by atoms with E-state index in [9.17, 15) is 5.11 Å². The number of nitrogens with zero attached hydrogens (tertiary/aromatic N) is 5. The number of piperazine rings is 1. The van der Waals surface area contributed by atoms with Crippen LogP contribution in [0, 0.1) is 24.0 Å². The summed E-state index contributed by atoms with van der Waals surface area (Å²) >= 11 is 0. The number of fused-ring (bicyclic) bond motifs is 5. The summed E-state index contributed by atoms with van der Waals surface area (Å²) in [7, 11) is 1.36. The van der Waals surface area contributed by atoms with Crippen LogP contribution >= 0.6 is 0 Å². The van der Waals surface area contributed by atoms with Crippen molar-refractivity contribution in [1.82, 2.24) is 25.2 Å². The van der Waals surface area contributed by atoms with Crippen LogP contribution in [0.5, 0.6) is 17.6 Å². The van der Waals surface area contributed by atoms with Crippen molar-refractivity contribution in [1.29, 1.82) is 0 Å². The summed E-state index contributed by atoms with van der Waals surface area (Å²) in [5, 5.41) is 14.7. The number of hydrogen-bond acceptors (Lipinski definition) is 9. The van der Waals surface area contributed by atoms with Crippen LogP contribution < -0.4 is 19.7 Å². The normalized spacial score (nSPS) is 24.4. The molecular weight excluding hydrogens is 614 g/mol. The lowest BCUT2D eigenvalue weighted by Crippen LogP contribution is -2.58. The summed E-state index contributed by atoms with van der Waals surface area (Å²) in [6.45, 7) is 8.11. The smallest absolute Gasteiger partial charge is 0.319 e. The number of ether oxygens (including phenoxy) is 2. The van der Waals surface area contributed by atoms with Crippen LogP contribution in [0.3, 0.4) is 0 Å². The Morgan fingerprint density at radius 3 is 2.69 bits per heavy atom. The van der Waals surface area contributed by atoms with Crippen LogP contribution in [0.2, 0.25) is 0 Å². The Hall–Kier alpha value is -4.79. The van der Waals surface area contributed by atoms with Crippen LogP contribution in [-0.2, 0) is 0 Å². The molecule has 246 valence electrons. The van der Waals surface area contributed by atoms with Gasteiger partial charge in [0.15, 0.2) is 5.82 Å².